The number of carbonyl (C=O) groups is 1. The van der Waals surface area contributed by atoms with Crippen LogP contribution in [0.25, 0.3) is 10.2 Å². The number of nitrogens with one attached hydrogen (secondary N) is 1. The molecule has 0 spiro atoms. The summed E-state index contributed by atoms with van der Waals surface area (Å²) in [5.41, 5.74) is 0.735. The molecule has 8 nitrogen and oxygen atoms in total. The van der Waals surface area contributed by atoms with E-state index >= 15 is 0 Å². The van der Waals surface area contributed by atoms with Crippen LogP contribution in [-0.2, 0) is 4.79 Å². The first-order valence-electron chi connectivity index (χ1n) is 8.25. The second-order valence-electron chi connectivity index (χ2n) is 5.58. The third kappa shape index (κ3) is 4.91. The maximum Gasteiger partial charge on any atom is 0.269 e. The highest BCUT2D eigenvalue weighted by Crippen LogP contribution is 2.29. The average Bonchev–Trinajstić information content (AvgIpc) is 3.06. The lowest BCUT2D eigenvalue weighted by atomic mass is 10.3. The predicted molar refractivity (Wildman–Crippen MR) is 103 cm³/mol. The molecule has 3 rings (SSSR count). The van der Waals surface area contributed by atoms with Gasteiger partial charge in [-0.05, 0) is 36.8 Å². The maximum absolute atomic E-state index is 12.0. The number of rotatable bonds is 8. The zero-order valence-electron chi connectivity index (χ0n) is 14.5. The molecule has 1 N–H and O–H groups in total. The minimum absolute atomic E-state index is 0.0384. The second kappa shape index (κ2) is 8.45. The van der Waals surface area contributed by atoms with Gasteiger partial charge in [0.25, 0.3) is 11.6 Å². The number of thiazole rings is 1. The molecule has 27 heavy (non-hydrogen) atoms. The number of ether oxygens (including phenoxy) is 2. The average molecular weight is 387 g/mol. The summed E-state index contributed by atoms with van der Waals surface area (Å²) in [4.78, 5) is 26.5. The Bertz CT molecular complexity index is 955. The van der Waals surface area contributed by atoms with Crippen LogP contribution in [0.15, 0.2) is 42.5 Å². The normalized spacial score (nSPS) is 10.6. The molecular formula is C18H17N3O5S. The zero-order valence-corrected chi connectivity index (χ0v) is 15.3. The molecule has 0 unspecified atom stereocenters. The van der Waals surface area contributed by atoms with Crippen LogP contribution < -0.4 is 14.8 Å². The zero-order chi connectivity index (χ0) is 19.2. The van der Waals surface area contributed by atoms with Gasteiger partial charge in [0, 0.05) is 12.1 Å². The summed E-state index contributed by atoms with van der Waals surface area (Å²) in [6.07, 6.45) is 0.927. The van der Waals surface area contributed by atoms with Gasteiger partial charge in [0.05, 0.1) is 21.7 Å². The summed E-state index contributed by atoms with van der Waals surface area (Å²) < 4.78 is 11.8. The fraction of sp³-hybridized carbons (Fsp3) is 0.222. The van der Waals surface area contributed by atoms with Crippen LogP contribution in [0.3, 0.4) is 0 Å². The topological polar surface area (TPSA) is 104 Å². The third-order valence-electron chi connectivity index (χ3n) is 3.50. The van der Waals surface area contributed by atoms with Gasteiger partial charge in [0.15, 0.2) is 11.7 Å². The molecule has 0 aliphatic carbocycles. The van der Waals surface area contributed by atoms with E-state index in [-0.39, 0.29) is 18.2 Å². The van der Waals surface area contributed by atoms with Crippen molar-refractivity contribution in [3.05, 3.63) is 52.6 Å². The van der Waals surface area contributed by atoms with E-state index < -0.39 is 4.92 Å². The highest BCUT2D eigenvalue weighted by atomic mass is 32.1. The number of anilines is 1. The lowest BCUT2D eigenvalue weighted by Crippen LogP contribution is -2.19. The van der Waals surface area contributed by atoms with E-state index in [2.05, 4.69) is 10.3 Å². The van der Waals surface area contributed by atoms with Crippen molar-refractivity contribution in [3.63, 3.8) is 0 Å². The van der Waals surface area contributed by atoms with Gasteiger partial charge in [0.2, 0.25) is 0 Å². The van der Waals surface area contributed by atoms with Gasteiger partial charge in [-0.15, -0.1) is 0 Å². The number of nitro groups is 1. The fourth-order valence-corrected chi connectivity index (χ4v) is 3.15. The van der Waals surface area contributed by atoms with Gasteiger partial charge in [-0.3, -0.25) is 20.2 Å². The molecule has 2 aromatic carbocycles. The molecule has 0 atom stereocenters. The first kappa shape index (κ1) is 18.6. The first-order valence-corrected chi connectivity index (χ1v) is 9.07. The van der Waals surface area contributed by atoms with Crippen LogP contribution >= 0.6 is 11.3 Å². The predicted octanol–water partition coefficient (Wildman–Crippen LogP) is 4.01. The van der Waals surface area contributed by atoms with Gasteiger partial charge in [0.1, 0.15) is 11.5 Å². The number of amides is 1. The SMILES string of the molecule is CCCOc1ccc2nc(NC(=O)COc3ccc([N+](=O)[O-])cc3)sc2c1. The van der Waals surface area contributed by atoms with Crippen LogP contribution in [0.2, 0.25) is 0 Å². The number of benzene rings is 2. The Morgan fingerprint density at radius 1 is 1.19 bits per heavy atom. The molecule has 0 aliphatic rings. The van der Waals surface area contributed by atoms with Crippen LogP contribution in [-0.4, -0.2) is 29.0 Å². The lowest BCUT2D eigenvalue weighted by Gasteiger charge is -2.05. The molecule has 0 saturated carbocycles. The molecule has 1 amide bonds. The first-order chi connectivity index (χ1) is 13.0. The molecular weight excluding hydrogens is 370 g/mol. The second-order valence-corrected chi connectivity index (χ2v) is 6.62. The molecule has 1 heterocycles. The number of nitro benzene ring substituents is 1. The largest absolute Gasteiger partial charge is 0.494 e. The molecule has 140 valence electrons. The third-order valence-corrected chi connectivity index (χ3v) is 4.43. The van der Waals surface area contributed by atoms with Crippen LogP contribution in [0.4, 0.5) is 10.8 Å². The van der Waals surface area contributed by atoms with Crippen molar-refractivity contribution in [1.82, 2.24) is 4.98 Å². The van der Waals surface area contributed by atoms with Crippen LogP contribution in [0.5, 0.6) is 11.5 Å². The molecule has 0 radical (unpaired) electrons. The van der Waals surface area contributed by atoms with E-state index in [1.807, 2.05) is 25.1 Å². The van der Waals surface area contributed by atoms with E-state index in [4.69, 9.17) is 9.47 Å². The van der Waals surface area contributed by atoms with Gasteiger partial charge < -0.3 is 9.47 Å². The molecule has 0 bridgehead atoms. The summed E-state index contributed by atoms with van der Waals surface area (Å²) >= 11 is 1.35. The van der Waals surface area contributed by atoms with Crippen molar-refractivity contribution >= 4 is 38.3 Å². The molecule has 1 aromatic heterocycles. The van der Waals surface area contributed by atoms with Gasteiger partial charge >= 0.3 is 0 Å². The van der Waals surface area contributed by atoms with E-state index in [1.165, 1.54) is 35.6 Å². The van der Waals surface area contributed by atoms with Crippen molar-refractivity contribution in [1.29, 1.82) is 0 Å². The van der Waals surface area contributed by atoms with Crippen molar-refractivity contribution in [2.24, 2.45) is 0 Å². The Labute approximate surface area is 158 Å². The number of hydrogen-bond acceptors (Lipinski definition) is 7. The molecule has 9 heteroatoms. The Morgan fingerprint density at radius 3 is 2.63 bits per heavy atom. The quantitative estimate of drug-likeness (QED) is 0.463. The molecule has 0 aliphatic heterocycles. The smallest absolute Gasteiger partial charge is 0.269 e. The van der Waals surface area contributed by atoms with Gasteiger partial charge in [-0.1, -0.05) is 18.3 Å². The summed E-state index contributed by atoms with van der Waals surface area (Å²) in [6.45, 7) is 2.46. The van der Waals surface area contributed by atoms with Crippen molar-refractivity contribution in [2.45, 2.75) is 13.3 Å². The standard InChI is InChI=1S/C18H17N3O5S/c1-2-9-25-14-7-8-15-16(10-14)27-18(19-15)20-17(22)11-26-13-5-3-12(4-6-13)21(23)24/h3-8,10H,2,9,11H2,1H3,(H,19,20,22). The van der Waals surface area contributed by atoms with E-state index in [0.717, 1.165) is 22.4 Å². The Hall–Kier alpha value is -3.20. The Morgan fingerprint density at radius 2 is 1.93 bits per heavy atom. The van der Waals surface area contributed by atoms with E-state index in [0.29, 0.717) is 17.5 Å². The molecule has 3 aromatic rings. The van der Waals surface area contributed by atoms with Crippen LogP contribution in [0, 0.1) is 10.1 Å². The highest BCUT2D eigenvalue weighted by Gasteiger charge is 2.10. The van der Waals surface area contributed by atoms with E-state index in [9.17, 15) is 14.9 Å². The Balaban J connectivity index is 1.57. The number of fused-ring (bicyclic) bond motifs is 1. The maximum atomic E-state index is 12.0. The fourth-order valence-electron chi connectivity index (χ4n) is 2.24. The van der Waals surface area contributed by atoms with Gasteiger partial charge in [-0.2, -0.15) is 0 Å². The minimum Gasteiger partial charge on any atom is -0.494 e. The van der Waals surface area contributed by atoms with Crippen molar-refractivity contribution in [3.8, 4) is 11.5 Å². The minimum atomic E-state index is -0.498. The summed E-state index contributed by atoms with van der Waals surface area (Å²) in [7, 11) is 0. The van der Waals surface area contributed by atoms with Crippen molar-refractivity contribution < 1.29 is 19.2 Å². The number of hydrogen-bond donors (Lipinski definition) is 1. The summed E-state index contributed by atoms with van der Waals surface area (Å²) in [5.74, 6) is 0.778. The van der Waals surface area contributed by atoms with Crippen molar-refractivity contribution in [2.75, 3.05) is 18.5 Å². The van der Waals surface area contributed by atoms with E-state index in [1.54, 1.807) is 0 Å². The monoisotopic (exact) mass is 387 g/mol. The number of nitrogens with zero attached hydrogens (tertiary/aromatic N) is 2. The summed E-state index contributed by atoms with van der Waals surface area (Å²) in [5, 5.41) is 13.8. The lowest BCUT2D eigenvalue weighted by molar-refractivity contribution is -0.384. The highest BCUT2D eigenvalue weighted by molar-refractivity contribution is 7.22. The number of carbonyl (C=O) groups excluding carboxylic acids is 1. The molecule has 0 fully saturated rings. The summed E-state index contributed by atoms with van der Waals surface area (Å²) in [6, 6.07) is 11.1. The van der Waals surface area contributed by atoms with Crippen LogP contribution in [0.1, 0.15) is 13.3 Å². The Kier molecular flexibility index (Phi) is 5.82. The number of non-ortho nitro benzene ring substituents is 1. The van der Waals surface area contributed by atoms with Gasteiger partial charge in [-0.25, -0.2) is 4.98 Å². The number of aromatic nitrogens is 1. The molecule has 0 saturated heterocycles.